The maximum Gasteiger partial charge on any atom is 0.328 e. The molecule has 6 heteroatoms. The number of methoxy groups -OCH3 is 1. The molecule has 0 aromatic heterocycles. The quantitative estimate of drug-likeness (QED) is 0.780. The molecule has 1 aliphatic heterocycles. The highest BCUT2D eigenvalue weighted by Gasteiger charge is 2.36. The highest BCUT2D eigenvalue weighted by Crippen LogP contribution is 2.25. The number of carbonyl (C=O) groups is 3. The van der Waals surface area contributed by atoms with Gasteiger partial charge in [0.1, 0.15) is 6.04 Å². The number of nitrogens with one attached hydrogen (secondary N) is 1. The van der Waals surface area contributed by atoms with Crippen molar-refractivity contribution in [1.29, 1.82) is 0 Å². The molecule has 1 heterocycles. The number of hydrogen-bond donors (Lipinski definition) is 1. The number of anilines is 1. The monoisotopic (exact) mass is 380 g/mol. The van der Waals surface area contributed by atoms with Crippen LogP contribution in [0.4, 0.5) is 5.69 Å². The Morgan fingerprint density at radius 1 is 1.14 bits per heavy atom. The Balaban J connectivity index is 1.67. The average Bonchev–Trinajstić information content (AvgIpc) is 3.10. The van der Waals surface area contributed by atoms with Crippen LogP contribution in [0, 0.1) is 12.8 Å². The lowest BCUT2D eigenvalue weighted by Gasteiger charge is -2.20. The Morgan fingerprint density at radius 3 is 2.46 bits per heavy atom. The summed E-state index contributed by atoms with van der Waals surface area (Å²) in [6.45, 7) is 2.28. The molecule has 0 radical (unpaired) electrons. The average molecular weight is 380 g/mol. The SMILES string of the molecule is COC(=O)[C@H](Cc1ccccc1)NC(=O)[C@H]1CC(=O)N(c2ccc(C)cc2)C1. The van der Waals surface area contributed by atoms with Gasteiger partial charge in [0.25, 0.3) is 0 Å². The molecule has 1 saturated heterocycles. The van der Waals surface area contributed by atoms with E-state index < -0.39 is 17.9 Å². The van der Waals surface area contributed by atoms with Gasteiger partial charge in [0.15, 0.2) is 0 Å². The predicted octanol–water partition coefficient (Wildman–Crippen LogP) is 2.25. The van der Waals surface area contributed by atoms with Crippen LogP contribution in [0.2, 0.25) is 0 Å². The van der Waals surface area contributed by atoms with Gasteiger partial charge in [-0.3, -0.25) is 9.59 Å². The zero-order chi connectivity index (χ0) is 20.1. The zero-order valence-electron chi connectivity index (χ0n) is 16.1. The summed E-state index contributed by atoms with van der Waals surface area (Å²) < 4.78 is 4.84. The molecule has 1 fully saturated rings. The number of ether oxygens (including phenoxy) is 1. The van der Waals surface area contributed by atoms with Gasteiger partial charge in [0.05, 0.1) is 13.0 Å². The number of hydrogen-bond acceptors (Lipinski definition) is 4. The van der Waals surface area contributed by atoms with E-state index in [4.69, 9.17) is 4.74 Å². The summed E-state index contributed by atoms with van der Waals surface area (Å²) >= 11 is 0. The summed E-state index contributed by atoms with van der Waals surface area (Å²) in [4.78, 5) is 38.9. The third-order valence-electron chi connectivity index (χ3n) is 4.93. The van der Waals surface area contributed by atoms with E-state index in [1.807, 2.05) is 61.5 Å². The molecule has 2 aromatic rings. The van der Waals surface area contributed by atoms with Crippen LogP contribution in [0.1, 0.15) is 17.5 Å². The van der Waals surface area contributed by atoms with E-state index >= 15 is 0 Å². The van der Waals surface area contributed by atoms with Crippen molar-refractivity contribution < 1.29 is 19.1 Å². The Morgan fingerprint density at radius 2 is 1.82 bits per heavy atom. The lowest BCUT2D eigenvalue weighted by Crippen LogP contribution is -2.46. The van der Waals surface area contributed by atoms with Crippen LogP contribution in [-0.4, -0.2) is 37.5 Å². The molecule has 28 heavy (non-hydrogen) atoms. The fourth-order valence-corrected chi connectivity index (χ4v) is 3.33. The maximum absolute atomic E-state index is 12.7. The van der Waals surface area contributed by atoms with E-state index in [1.165, 1.54) is 7.11 Å². The molecule has 1 aliphatic rings. The number of nitrogens with zero attached hydrogens (tertiary/aromatic N) is 1. The third kappa shape index (κ3) is 4.57. The smallest absolute Gasteiger partial charge is 0.328 e. The fraction of sp³-hybridized carbons (Fsp3) is 0.318. The highest BCUT2D eigenvalue weighted by molar-refractivity contribution is 6.00. The number of rotatable bonds is 6. The van der Waals surface area contributed by atoms with Crippen LogP contribution in [0.15, 0.2) is 54.6 Å². The van der Waals surface area contributed by atoms with Crippen LogP contribution >= 0.6 is 0 Å². The number of esters is 1. The zero-order valence-corrected chi connectivity index (χ0v) is 16.1. The molecule has 146 valence electrons. The topological polar surface area (TPSA) is 75.7 Å². The summed E-state index contributed by atoms with van der Waals surface area (Å²) in [5.41, 5.74) is 2.80. The lowest BCUT2D eigenvalue weighted by molar-refractivity contribution is -0.145. The molecule has 0 unspecified atom stereocenters. The molecule has 0 bridgehead atoms. The molecular formula is C22H24N2O4. The molecule has 2 atom stereocenters. The van der Waals surface area contributed by atoms with Crippen molar-refractivity contribution in [3.8, 4) is 0 Å². The molecule has 0 aliphatic carbocycles. The molecule has 0 saturated carbocycles. The van der Waals surface area contributed by atoms with Gasteiger partial charge >= 0.3 is 5.97 Å². The first kappa shape index (κ1) is 19.6. The Hall–Kier alpha value is -3.15. The van der Waals surface area contributed by atoms with Crippen molar-refractivity contribution in [2.45, 2.75) is 25.8 Å². The largest absolute Gasteiger partial charge is 0.467 e. The van der Waals surface area contributed by atoms with Gasteiger partial charge in [0, 0.05) is 25.1 Å². The fourth-order valence-electron chi connectivity index (χ4n) is 3.33. The van der Waals surface area contributed by atoms with E-state index in [-0.39, 0.29) is 18.2 Å². The predicted molar refractivity (Wildman–Crippen MR) is 106 cm³/mol. The first-order valence-corrected chi connectivity index (χ1v) is 9.27. The maximum atomic E-state index is 12.7. The molecule has 3 rings (SSSR count). The lowest BCUT2D eigenvalue weighted by atomic mass is 10.0. The van der Waals surface area contributed by atoms with Crippen LogP contribution in [0.5, 0.6) is 0 Å². The third-order valence-corrected chi connectivity index (χ3v) is 4.93. The van der Waals surface area contributed by atoms with Crippen molar-refractivity contribution in [1.82, 2.24) is 5.32 Å². The van der Waals surface area contributed by atoms with E-state index in [0.717, 1.165) is 16.8 Å². The van der Waals surface area contributed by atoms with E-state index in [9.17, 15) is 14.4 Å². The second-order valence-corrected chi connectivity index (χ2v) is 7.01. The molecule has 2 amide bonds. The standard InChI is InChI=1S/C22H24N2O4/c1-15-8-10-18(11-9-15)24-14-17(13-20(24)25)21(26)23-19(22(27)28-2)12-16-6-4-3-5-7-16/h3-11,17,19H,12-14H2,1-2H3,(H,23,26)/t17-,19-/m0/s1. The Kier molecular flexibility index (Phi) is 6.09. The number of carbonyl (C=O) groups excluding carboxylic acids is 3. The molecule has 1 N–H and O–H groups in total. The Bertz CT molecular complexity index is 849. The van der Waals surface area contributed by atoms with Crippen molar-refractivity contribution in [3.63, 3.8) is 0 Å². The van der Waals surface area contributed by atoms with Crippen molar-refractivity contribution in [2.75, 3.05) is 18.6 Å². The summed E-state index contributed by atoms with van der Waals surface area (Å²) in [5.74, 6) is -1.41. The van der Waals surface area contributed by atoms with Crippen LogP contribution in [0.25, 0.3) is 0 Å². The van der Waals surface area contributed by atoms with Crippen LogP contribution < -0.4 is 10.2 Å². The second-order valence-electron chi connectivity index (χ2n) is 7.01. The van der Waals surface area contributed by atoms with Crippen LogP contribution in [-0.2, 0) is 25.5 Å². The first-order chi connectivity index (χ1) is 13.5. The normalized spacial score (nSPS) is 17.3. The van der Waals surface area contributed by atoms with E-state index in [2.05, 4.69) is 5.32 Å². The first-order valence-electron chi connectivity index (χ1n) is 9.27. The highest BCUT2D eigenvalue weighted by atomic mass is 16.5. The van der Waals surface area contributed by atoms with E-state index in [1.54, 1.807) is 4.90 Å². The summed E-state index contributed by atoms with van der Waals surface area (Å²) in [7, 11) is 1.30. The second kappa shape index (κ2) is 8.69. The molecule has 6 nitrogen and oxygen atoms in total. The minimum atomic E-state index is -0.788. The number of benzene rings is 2. The van der Waals surface area contributed by atoms with Gasteiger partial charge in [0.2, 0.25) is 11.8 Å². The van der Waals surface area contributed by atoms with Crippen molar-refractivity contribution in [2.24, 2.45) is 5.92 Å². The van der Waals surface area contributed by atoms with E-state index in [0.29, 0.717) is 13.0 Å². The summed E-state index contributed by atoms with van der Waals surface area (Å²) in [6.07, 6.45) is 0.459. The van der Waals surface area contributed by atoms with Gasteiger partial charge in [-0.1, -0.05) is 48.0 Å². The van der Waals surface area contributed by atoms with Crippen LogP contribution in [0.3, 0.4) is 0 Å². The van der Waals surface area contributed by atoms with Crippen molar-refractivity contribution in [3.05, 3.63) is 65.7 Å². The molecule has 2 aromatic carbocycles. The van der Waals surface area contributed by atoms with Gasteiger partial charge in [-0.15, -0.1) is 0 Å². The van der Waals surface area contributed by atoms with Gasteiger partial charge in [-0.05, 0) is 24.6 Å². The van der Waals surface area contributed by atoms with Gasteiger partial charge in [-0.25, -0.2) is 4.79 Å². The minimum Gasteiger partial charge on any atom is -0.467 e. The minimum absolute atomic E-state index is 0.0957. The summed E-state index contributed by atoms with van der Waals surface area (Å²) in [6, 6.07) is 16.2. The van der Waals surface area contributed by atoms with Crippen molar-refractivity contribution >= 4 is 23.5 Å². The molecular weight excluding hydrogens is 356 g/mol. The van der Waals surface area contributed by atoms with Gasteiger partial charge in [-0.2, -0.15) is 0 Å². The van der Waals surface area contributed by atoms with Gasteiger partial charge < -0.3 is 15.0 Å². The molecule has 0 spiro atoms. The number of amides is 2. The Labute approximate surface area is 164 Å². The number of aryl methyl sites for hydroxylation is 1. The summed E-state index contributed by atoms with van der Waals surface area (Å²) in [5, 5.41) is 2.77.